The summed E-state index contributed by atoms with van der Waals surface area (Å²) >= 11 is 0. The highest BCUT2D eigenvalue weighted by molar-refractivity contribution is 6.00. The normalized spacial score (nSPS) is 13.6. The van der Waals surface area contributed by atoms with E-state index in [0.717, 1.165) is 36.8 Å². The molecule has 0 spiro atoms. The summed E-state index contributed by atoms with van der Waals surface area (Å²) in [5, 5.41) is 0. The third kappa shape index (κ3) is 4.23. The lowest BCUT2D eigenvalue weighted by Crippen LogP contribution is -1.91. The van der Waals surface area contributed by atoms with Crippen molar-refractivity contribution in [1.82, 2.24) is 0 Å². The molecule has 1 heteroatoms. The van der Waals surface area contributed by atoms with Gasteiger partial charge in [0.05, 0.1) is 0 Å². The molecule has 0 radical (unpaired) electrons. The van der Waals surface area contributed by atoms with Crippen LogP contribution < -0.4 is 0 Å². The third-order valence-corrected chi connectivity index (χ3v) is 4.88. The number of hydrogen-bond acceptors (Lipinski definition) is 1. The first-order valence-corrected chi connectivity index (χ1v) is 9.17. The summed E-state index contributed by atoms with van der Waals surface area (Å²) in [6.45, 7) is 2.19. The number of allylic oxidation sites excluding steroid dienone is 1. The molecule has 1 aliphatic carbocycles. The smallest absolute Gasteiger partial charge is 0.163 e. The predicted molar refractivity (Wildman–Crippen MR) is 102 cm³/mol. The molecule has 0 atom stereocenters. The number of hydrogen-bond donors (Lipinski definition) is 0. The van der Waals surface area contributed by atoms with Crippen molar-refractivity contribution in [1.29, 1.82) is 0 Å². The van der Waals surface area contributed by atoms with Crippen LogP contribution in [0.3, 0.4) is 0 Å². The van der Waals surface area contributed by atoms with Gasteiger partial charge in [-0.2, -0.15) is 0 Å². The van der Waals surface area contributed by atoms with Crippen LogP contribution in [0.1, 0.15) is 65.2 Å². The maximum Gasteiger partial charge on any atom is 0.163 e. The second-order valence-corrected chi connectivity index (χ2v) is 6.66. The fourth-order valence-corrected chi connectivity index (χ4v) is 3.31. The third-order valence-electron chi connectivity index (χ3n) is 4.88. The molecule has 0 fully saturated rings. The van der Waals surface area contributed by atoms with Gasteiger partial charge in [0.2, 0.25) is 0 Å². The van der Waals surface area contributed by atoms with E-state index in [4.69, 9.17) is 0 Å². The van der Waals surface area contributed by atoms with Gasteiger partial charge >= 0.3 is 0 Å². The molecular weight excluding hydrogens is 292 g/mol. The second kappa shape index (κ2) is 8.10. The van der Waals surface area contributed by atoms with Crippen molar-refractivity contribution in [2.75, 3.05) is 0 Å². The molecule has 3 rings (SSSR count). The van der Waals surface area contributed by atoms with Crippen LogP contribution in [0, 0.1) is 0 Å². The molecule has 0 bridgehead atoms. The van der Waals surface area contributed by atoms with Crippen molar-refractivity contribution < 1.29 is 4.79 Å². The SMILES string of the molecule is CCc1ccc(CCCC/C=C/c2ccc3c(c2)C(=O)CC3)cc1. The molecular formula is C23H26O. The topological polar surface area (TPSA) is 17.1 Å². The molecule has 0 saturated heterocycles. The fourth-order valence-electron chi connectivity index (χ4n) is 3.31. The van der Waals surface area contributed by atoms with Gasteiger partial charge in [-0.05, 0) is 66.8 Å². The van der Waals surface area contributed by atoms with Crippen LogP contribution in [0.4, 0.5) is 0 Å². The van der Waals surface area contributed by atoms with E-state index in [1.165, 1.54) is 29.5 Å². The fraction of sp³-hybridized carbons (Fsp3) is 0.348. The molecule has 0 amide bonds. The monoisotopic (exact) mass is 318 g/mol. The van der Waals surface area contributed by atoms with Crippen LogP contribution in [0.15, 0.2) is 48.5 Å². The van der Waals surface area contributed by atoms with Gasteiger partial charge in [-0.15, -0.1) is 0 Å². The van der Waals surface area contributed by atoms with E-state index >= 15 is 0 Å². The van der Waals surface area contributed by atoms with Gasteiger partial charge in [0.15, 0.2) is 5.78 Å². The van der Waals surface area contributed by atoms with E-state index in [1.807, 2.05) is 0 Å². The summed E-state index contributed by atoms with van der Waals surface area (Å²) < 4.78 is 0. The number of fused-ring (bicyclic) bond motifs is 1. The minimum absolute atomic E-state index is 0.300. The van der Waals surface area contributed by atoms with E-state index in [2.05, 4.69) is 61.5 Å². The lowest BCUT2D eigenvalue weighted by molar-refractivity contribution is 0.0994. The maximum atomic E-state index is 11.8. The number of ketones is 1. The molecule has 0 heterocycles. The Hall–Kier alpha value is -2.15. The molecule has 2 aromatic carbocycles. The predicted octanol–water partition coefficient (Wildman–Crippen LogP) is 5.80. The van der Waals surface area contributed by atoms with E-state index < -0.39 is 0 Å². The Labute approximate surface area is 145 Å². The highest BCUT2D eigenvalue weighted by Crippen LogP contribution is 2.23. The number of carbonyl (C=O) groups is 1. The molecule has 24 heavy (non-hydrogen) atoms. The van der Waals surface area contributed by atoms with Crippen LogP contribution in [0.5, 0.6) is 0 Å². The summed E-state index contributed by atoms with van der Waals surface area (Å²) in [6, 6.07) is 15.3. The standard InChI is InChI=1S/C23H26O/c1-2-18-9-11-19(12-10-18)7-5-3-4-6-8-20-13-14-21-15-16-23(24)22(21)17-20/h6,8-14,17H,2-5,7,15-16H2,1H3/b8-6+. The first kappa shape index (κ1) is 16.7. The molecule has 2 aromatic rings. The Balaban J connectivity index is 1.42. The molecule has 0 unspecified atom stereocenters. The summed E-state index contributed by atoms with van der Waals surface area (Å²) in [4.78, 5) is 11.8. The summed E-state index contributed by atoms with van der Waals surface area (Å²) in [5.41, 5.74) is 6.15. The van der Waals surface area contributed by atoms with Crippen LogP contribution in [-0.4, -0.2) is 5.78 Å². The van der Waals surface area contributed by atoms with E-state index in [9.17, 15) is 4.79 Å². The van der Waals surface area contributed by atoms with Crippen molar-refractivity contribution in [2.45, 2.75) is 51.9 Å². The van der Waals surface area contributed by atoms with Crippen molar-refractivity contribution in [3.05, 3.63) is 76.4 Å². The number of Topliss-reactive ketones (excluding diaryl/α,β-unsaturated/α-hetero) is 1. The average molecular weight is 318 g/mol. The van der Waals surface area contributed by atoms with Crippen LogP contribution in [0.25, 0.3) is 6.08 Å². The zero-order valence-electron chi connectivity index (χ0n) is 14.6. The van der Waals surface area contributed by atoms with Gasteiger partial charge in [-0.3, -0.25) is 4.79 Å². The summed E-state index contributed by atoms with van der Waals surface area (Å²) in [5.74, 6) is 0.300. The van der Waals surface area contributed by atoms with Gasteiger partial charge in [-0.1, -0.05) is 55.5 Å². The van der Waals surface area contributed by atoms with Crippen molar-refractivity contribution >= 4 is 11.9 Å². The number of rotatable bonds is 7. The van der Waals surface area contributed by atoms with Gasteiger partial charge < -0.3 is 0 Å². The number of carbonyl (C=O) groups excluding carboxylic acids is 1. The van der Waals surface area contributed by atoms with E-state index in [1.54, 1.807) is 0 Å². The Morgan fingerprint density at radius 1 is 0.958 bits per heavy atom. The van der Waals surface area contributed by atoms with Crippen LogP contribution in [0.2, 0.25) is 0 Å². The highest BCUT2D eigenvalue weighted by Gasteiger charge is 2.18. The quantitative estimate of drug-likeness (QED) is 0.589. The lowest BCUT2D eigenvalue weighted by atomic mass is 10.0. The minimum Gasteiger partial charge on any atom is -0.294 e. The van der Waals surface area contributed by atoms with E-state index in [-0.39, 0.29) is 0 Å². The zero-order chi connectivity index (χ0) is 16.8. The summed E-state index contributed by atoms with van der Waals surface area (Å²) in [6.07, 6.45) is 11.8. The first-order valence-electron chi connectivity index (χ1n) is 9.17. The van der Waals surface area contributed by atoms with Gasteiger partial charge in [0, 0.05) is 12.0 Å². The molecule has 0 aliphatic heterocycles. The molecule has 1 nitrogen and oxygen atoms in total. The molecule has 0 aromatic heterocycles. The first-order chi connectivity index (χ1) is 11.8. The average Bonchev–Trinajstić information content (AvgIpc) is 2.99. The van der Waals surface area contributed by atoms with Crippen molar-refractivity contribution in [3.63, 3.8) is 0 Å². The summed E-state index contributed by atoms with van der Waals surface area (Å²) in [7, 11) is 0. The van der Waals surface area contributed by atoms with Crippen molar-refractivity contribution in [2.24, 2.45) is 0 Å². The zero-order valence-corrected chi connectivity index (χ0v) is 14.6. The Kier molecular flexibility index (Phi) is 5.63. The highest BCUT2D eigenvalue weighted by atomic mass is 16.1. The van der Waals surface area contributed by atoms with Crippen LogP contribution >= 0.6 is 0 Å². The van der Waals surface area contributed by atoms with Gasteiger partial charge in [0.1, 0.15) is 0 Å². The Morgan fingerprint density at radius 3 is 2.54 bits per heavy atom. The molecule has 124 valence electrons. The van der Waals surface area contributed by atoms with Crippen molar-refractivity contribution in [3.8, 4) is 0 Å². The van der Waals surface area contributed by atoms with Crippen LogP contribution in [-0.2, 0) is 19.3 Å². The molecule has 0 saturated carbocycles. The van der Waals surface area contributed by atoms with E-state index in [0.29, 0.717) is 12.2 Å². The lowest BCUT2D eigenvalue weighted by Gasteiger charge is -2.02. The maximum absolute atomic E-state index is 11.8. The number of unbranched alkanes of at least 4 members (excludes halogenated alkanes) is 2. The number of aryl methyl sites for hydroxylation is 3. The minimum atomic E-state index is 0.300. The molecule has 1 aliphatic rings. The largest absolute Gasteiger partial charge is 0.294 e. The Bertz CT molecular complexity index is 722. The second-order valence-electron chi connectivity index (χ2n) is 6.66. The van der Waals surface area contributed by atoms with Gasteiger partial charge in [-0.25, -0.2) is 0 Å². The van der Waals surface area contributed by atoms with Gasteiger partial charge in [0.25, 0.3) is 0 Å². The Morgan fingerprint density at radius 2 is 1.75 bits per heavy atom. The number of benzene rings is 2. The molecule has 0 N–H and O–H groups in total.